The lowest BCUT2D eigenvalue weighted by molar-refractivity contribution is 0.0601. The van der Waals surface area contributed by atoms with Crippen molar-refractivity contribution in [3.05, 3.63) is 23.8 Å². The lowest BCUT2D eigenvalue weighted by atomic mass is 10.1. The van der Waals surface area contributed by atoms with Gasteiger partial charge in [-0.15, -0.1) is 0 Å². The molecule has 1 aromatic carbocycles. The average molecular weight is 250 g/mol. The number of hydrogen-bond donors (Lipinski definition) is 1. The number of para-hydroxylation sites is 1. The fourth-order valence-corrected chi connectivity index (χ4v) is 2.31. The molecule has 0 radical (unpaired) electrons. The van der Waals surface area contributed by atoms with Crippen LogP contribution in [0, 0.1) is 0 Å². The molecule has 1 aromatic rings. The van der Waals surface area contributed by atoms with Crippen LogP contribution in [0.4, 0.5) is 11.4 Å². The molecule has 1 saturated heterocycles. The Bertz CT molecular complexity index is 448. The summed E-state index contributed by atoms with van der Waals surface area (Å²) in [7, 11) is 3.07. The molecule has 1 aliphatic rings. The number of rotatable bonds is 3. The van der Waals surface area contributed by atoms with Crippen molar-refractivity contribution in [2.45, 2.75) is 12.5 Å². The highest BCUT2D eigenvalue weighted by Crippen LogP contribution is 2.31. The number of hydrogen-bond acceptors (Lipinski definition) is 5. The van der Waals surface area contributed by atoms with E-state index in [1.54, 1.807) is 25.3 Å². The predicted octanol–water partition coefficient (Wildman–Crippen LogP) is 1.28. The van der Waals surface area contributed by atoms with E-state index in [1.165, 1.54) is 7.11 Å². The zero-order valence-corrected chi connectivity index (χ0v) is 10.7. The number of methoxy groups -OCH3 is 2. The first-order valence-corrected chi connectivity index (χ1v) is 5.92. The highest BCUT2D eigenvalue weighted by Gasteiger charge is 2.27. The van der Waals surface area contributed by atoms with Crippen LogP contribution in [0.15, 0.2) is 18.2 Å². The van der Waals surface area contributed by atoms with Gasteiger partial charge in [-0.05, 0) is 18.6 Å². The maximum atomic E-state index is 11.8. The highest BCUT2D eigenvalue weighted by molar-refractivity contribution is 5.99. The number of nitrogen functional groups attached to an aromatic ring is 1. The largest absolute Gasteiger partial charge is 0.465 e. The molecular weight excluding hydrogens is 232 g/mol. The molecule has 0 aromatic heterocycles. The zero-order valence-electron chi connectivity index (χ0n) is 10.7. The lowest BCUT2D eigenvalue weighted by Gasteiger charge is -2.22. The van der Waals surface area contributed by atoms with Gasteiger partial charge in [0, 0.05) is 20.2 Å². The van der Waals surface area contributed by atoms with Gasteiger partial charge in [-0.3, -0.25) is 0 Å². The molecular formula is C13H18N2O3. The molecule has 18 heavy (non-hydrogen) atoms. The van der Waals surface area contributed by atoms with Gasteiger partial charge < -0.3 is 20.1 Å². The van der Waals surface area contributed by atoms with Gasteiger partial charge in [0.2, 0.25) is 0 Å². The van der Waals surface area contributed by atoms with E-state index in [0.29, 0.717) is 11.3 Å². The first-order chi connectivity index (χ1) is 8.67. The van der Waals surface area contributed by atoms with Gasteiger partial charge in [0.1, 0.15) is 0 Å². The van der Waals surface area contributed by atoms with Gasteiger partial charge >= 0.3 is 5.97 Å². The molecule has 1 unspecified atom stereocenters. The van der Waals surface area contributed by atoms with Crippen molar-refractivity contribution in [1.29, 1.82) is 0 Å². The number of benzene rings is 1. The maximum Gasteiger partial charge on any atom is 0.340 e. The quantitative estimate of drug-likeness (QED) is 0.646. The minimum absolute atomic E-state index is 0.190. The molecule has 2 N–H and O–H groups in total. The molecule has 0 spiro atoms. The molecule has 1 aliphatic heterocycles. The van der Waals surface area contributed by atoms with Crippen molar-refractivity contribution in [2.75, 3.05) is 37.9 Å². The summed E-state index contributed by atoms with van der Waals surface area (Å²) in [6.45, 7) is 1.57. The Morgan fingerprint density at radius 3 is 2.83 bits per heavy atom. The van der Waals surface area contributed by atoms with E-state index in [4.69, 9.17) is 15.2 Å². The van der Waals surface area contributed by atoms with Crippen LogP contribution in [0.2, 0.25) is 0 Å². The normalized spacial score (nSPS) is 19.0. The predicted molar refractivity (Wildman–Crippen MR) is 69.8 cm³/mol. The van der Waals surface area contributed by atoms with Crippen molar-refractivity contribution in [1.82, 2.24) is 0 Å². The number of nitrogens with two attached hydrogens (primary N) is 1. The summed E-state index contributed by atoms with van der Waals surface area (Å²) in [5.41, 5.74) is 7.84. The third-order valence-corrected chi connectivity index (χ3v) is 3.27. The standard InChI is InChI=1S/C13H18N2O3/c1-17-9-6-7-15(8-9)12-10(13(16)18-2)4-3-5-11(12)14/h3-5,9H,6-8,14H2,1-2H3. The van der Waals surface area contributed by atoms with E-state index in [0.717, 1.165) is 25.2 Å². The number of esters is 1. The number of carbonyl (C=O) groups excluding carboxylic acids is 1. The molecule has 0 amide bonds. The molecule has 5 nitrogen and oxygen atoms in total. The molecule has 0 saturated carbocycles. The van der Waals surface area contributed by atoms with Crippen molar-refractivity contribution in [3.63, 3.8) is 0 Å². The van der Waals surface area contributed by atoms with Gasteiger partial charge in [-0.25, -0.2) is 4.79 Å². The van der Waals surface area contributed by atoms with Crippen LogP contribution >= 0.6 is 0 Å². The Morgan fingerprint density at radius 2 is 2.22 bits per heavy atom. The fourth-order valence-electron chi connectivity index (χ4n) is 2.31. The van der Waals surface area contributed by atoms with Gasteiger partial charge in [0.25, 0.3) is 0 Å². The number of ether oxygens (including phenoxy) is 2. The van der Waals surface area contributed by atoms with E-state index in [9.17, 15) is 4.79 Å². The van der Waals surface area contributed by atoms with Gasteiger partial charge in [0.05, 0.1) is 30.2 Å². The summed E-state index contributed by atoms with van der Waals surface area (Å²) in [5, 5.41) is 0. The summed E-state index contributed by atoms with van der Waals surface area (Å²) in [6, 6.07) is 5.29. The molecule has 1 fully saturated rings. The van der Waals surface area contributed by atoms with Gasteiger partial charge in [-0.1, -0.05) is 6.07 Å². The van der Waals surface area contributed by atoms with Crippen molar-refractivity contribution >= 4 is 17.3 Å². The van der Waals surface area contributed by atoms with Crippen molar-refractivity contribution in [3.8, 4) is 0 Å². The van der Waals surface area contributed by atoms with Gasteiger partial charge in [-0.2, -0.15) is 0 Å². The molecule has 2 rings (SSSR count). The summed E-state index contributed by atoms with van der Waals surface area (Å²) in [6.07, 6.45) is 1.13. The minimum Gasteiger partial charge on any atom is -0.465 e. The molecule has 1 heterocycles. The van der Waals surface area contributed by atoms with Crippen LogP contribution in [0.5, 0.6) is 0 Å². The Kier molecular flexibility index (Phi) is 3.72. The maximum absolute atomic E-state index is 11.8. The molecule has 0 aliphatic carbocycles. The van der Waals surface area contributed by atoms with E-state index < -0.39 is 0 Å². The minimum atomic E-state index is -0.363. The average Bonchev–Trinajstić information content (AvgIpc) is 2.86. The van der Waals surface area contributed by atoms with Crippen LogP contribution in [-0.2, 0) is 9.47 Å². The third-order valence-electron chi connectivity index (χ3n) is 3.27. The second kappa shape index (κ2) is 5.27. The smallest absolute Gasteiger partial charge is 0.340 e. The Morgan fingerprint density at radius 1 is 1.44 bits per heavy atom. The van der Waals surface area contributed by atoms with Crippen LogP contribution in [0.3, 0.4) is 0 Å². The van der Waals surface area contributed by atoms with Crippen LogP contribution in [0.1, 0.15) is 16.8 Å². The molecule has 98 valence electrons. The van der Waals surface area contributed by atoms with Crippen molar-refractivity contribution < 1.29 is 14.3 Å². The second-order valence-electron chi connectivity index (χ2n) is 4.33. The first kappa shape index (κ1) is 12.7. The van der Waals surface area contributed by atoms with E-state index in [-0.39, 0.29) is 12.1 Å². The zero-order chi connectivity index (χ0) is 13.1. The molecule has 1 atom stereocenters. The SMILES string of the molecule is COC(=O)c1cccc(N)c1N1CCC(OC)C1. The van der Waals surface area contributed by atoms with Gasteiger partial charge in [0.15, 0.2) is 0 Å². The van der Waals surface area contributed by atoms with Crippen LogP contribution in [0.25, 0.3) is 0 Å². The molecule has 5 heteroatoms. The second-order valence-corrected chi connectivity index (χ2v) is 4.33. The summed E-state index contributed by atoms with van der Waals surface area (Å²) in [5.74, 6) is -0.363. The van der Waals surface area contributed by atoms with E-state index in [1.807, 2.05) is 0 Å². The summed E-state index contributed by atoms with van der Waals surface area (Å²) in [4.78, 5) is 13.8. The number of anilines is 2. The monoisotopic (exact) mass is 250 g/mol. The van der Waals surface area contributed by atoms with E-state index >= 15 is 0 Å². The Balaban J connectivity index is 2.34. The lowest BCUT2D eigenvalue weighted by Crippen LogP contribution is -2.25. The van der Waals surface area contributed by atoms with Crippen molar-refractivity contribution in [2.24, 2.45) is 0 Å². The number of carbonyl (C=O) groups is 1. The number of nitrogens with zero attached hydrogens (tertiary/aromatic N) is 1. The third kappa shape index (κ3) is 2.26. The topological polar surface area (TPSA) is 64.8 Å². The van der Waals surface area contributed by atoms with Crippen LogP contribution < -0.4 is 10.6 Å². The first-order valence-electron chi connectivity index (χ1n) is 5.92. The fraction of sp³-hybridized carbons (Fsp3) is 0.462. The van der Waals surface area contributed by atoms with E-state index in [2.05, 4.69) is 4.90 Å². The Hall–Kier alpha value is -1.75. The Labute approximate surface area is 106 Å². The van der Waals surface area contributed by atoms with Crippen LogP contribution in [-0.4, -0.2) is 39.4 Å². The molecule has 0 bridgehead atoms. The highest BCUT2D eigenvalue weighted by atomic mass is 16.5. The summed E-state index contributed by atoms with van der Waals surface area (Å²) >= 11 is 0. The summed E-state index contributed by atoms with van der Waals surface area (Å²) < 4.78 is 10.1.